The van der Waals surface area contributed by atoms with E-state index in [1.54, 1.807) is 17.4 Å². The van der Waals surface area contributed by atoms with E-state index in [0.29, 0.717) is 11.5 Å². The van der Waals surface area contributed by atoms with Crippen LogP contribution in [0.1, 0.15) is 10.4 Å². The molecule has 0 aliphatic rings. The zero-order valence-corrected chi connectivity index (χ0v) is 13.9. The molecule has 0 aliphatic carbocycles. The van der Waals surface area contributed by atoms with Crippen molar-refractivity contribution in [3.63, 3.8) is 0 Å². The zero-order chi connectivity index (χ0) is 16.5. The van der Waals surface area contributed by atoms with Gasteiger partial charge in [-0.05, 0) is 48.2 Å². The van der Waals surface area contributed by atoms with Crippen molar-refractivity contribution in [1.29, 1.82) is 0 Å². The molecule has 24 heavy (non-hydrogen) atoms. The molecule has 4 aromatic rings. The number of benzene rings is 2. The fraction of sp³-hybridized carbons (Fsp3) is 0.105. The van der Waals surface area contributed by atoms with Gasteiger partial charge >= 0.3 is 0 Å². The number of nitrogens with zero attached hydrogens (tertiary/aromatic N) is 1. The van der Waals surface area contributed by atoms with Crippen molar-refractivity contribution in [2.45, 2.75) is 13.5 Å². The predicted octanol–water partition coefficient (Wildman–Crippen LogP) is 5.18. The smallest absolute Gasteiger partial charge is 0.231 e. The van der Waals surface area contributed by atoms with Gasteiger partial charge in [0.25, 0.3) is 0 Å². The summed E-state index contributed by atoms with van der Waals surface area (Å²) in [5, 5.41) is 15.7. The Bertz CT molecular complexity index is 990. The van der Waals surface area contributed by atoms with Crippen LogP contribution < -0.4 is 5.32 Å². The number of phenols is 1. The zero-order valence-electron chi connectivity index (χ0n) is 13.1. The fourth-order valence-electron chi connectivity index (χ4n) is 2.58. The molecule has 4 rings (SSSR count). The van der Waals surface area contributed by atoms with Gasteiger partial charge in [-0.3, -0.25) is 0 Å². The summed E-state index contributed by atoms with van der Waals surface area (Å²) in [5.41, 5.74) is 4.08. The van der Waals surface area contributed by atoms with Crippen molar-refractivity contribution in [1.82, 2.24) is 4.98 Å². The number of hydrogen-bond acceptors (Lipinski definition) is 5. The molecule has 0 bridgehead atoms. The van der Waals surface area contributed by atoms with E-state index in [0.717, 1.165) is 28.9 Å². The third-order valence-electron chi connectivity index (χ3n) is 3.82. The first kappa shape index (κ1) is 14.8. The molecule has 4 nitrogen and oxygen atoms in total. The van der Waals surface area contributed by atoms with Gasteiger partial charge < -0.3 is 14.8 Å². The van der Waals surface area contributed by atoms with E-state index >= 15 is 0 Å². The van der Waals surface area contributed by atoms with Crippen LogP contribution in [0, 0.1) is 6.92 Å². The average molecular weight is 336 g/mol. The van der Waals surface area contributed by atoms with Crippen LogP contribution in [0.15, 0.2) is 58.3 Å². The molecule has 0 atom stereocenters. The van der Waals surface area contributed by atoms with Gasteiger partial charge in [-0.15, -0.1) is 11.3 Å². The van der Waals surface area contributed by atoms with Crippen LogP contribution in [0.5, 0.6) is 5.75 Å². The Morgan fingerprint density at radius 3 is 2.88 bits per heavy atom. The molecule has 2 N–H and O–H groups in total. The monoisotopic (exact) mass is 336 g/mol. The van der Waals surface area contributed by atoms with Crippen LogP contribution in [-0.2, 0) is 6.54 Å². The second-order valence-corrected chi connectivity index (χ2v) is 6.69. The van der Waals surface area contributed by atoms with E-state index in [-0.39, 0.29) is 5.75 Å². The Balaban J connectivity index is 1.60. The molecule has 2 aromatic carbocycles. The highest BCUT2D eigenvalue weighted by Crippen LogP contribution is 2.33. The van der Waals surface area contributed by atoms with E-state index in [1.165, 1.54) is 4.88 Å². The van der Waals surface area contributed by atoms with Crippen molar-refractivity contribution in [2.75, 3.05) is 5.32 Å². The van der Waals surface area contributed by atoms with Crippen LogP contribution in [-0.4, -0.2) is 10.1 Å². The third kappa shape index (κ3) is 2.86. The number of oxazole rings is 1. The van der Waals surface area contributed by atoms with Gasteiger partial charge in [0.2, 0.25) is 5.89 Å². The van der Waals surface area contributed by atoms with Crippen molar-refractivity contribution in [3.05, 3.63) is 64.4 Å². The summed E-state index contributed by atoms with van der Waals surface area (Å²) < 4.78 is 5.76. The van der Waals surface area contributed by atoms with E-state index < -0.39 is 0 Å². The second-order valence-electron chi connectivity index (χ2n) is 5.66. The van der Waals surface area contributed by atoms with Crippen LogP contribution in [0.2, 0.25) is 0 Å². The molecule has 0 saturated carbocycles. The first-order valence-corrected chi connectivity index (χ1v) is 8.54. The van der Waals surface area contributed by atoms with Crippen molar-refractivity contribution >= 4 is 28.1 Å². The quantitative estimate of drug-likeness (QED) is 0.539. The topological polar surface area (TPSA) is 58.3 Å². The standard InChI is InChI=1S/C19H16N2O2S/c1-12-4-7-18-16(9-12)21-19(23-18)15-6-5-13(10-17(15)22)20-11-14-3-2-8-24-14/h2-10,20,22H,11H2,1H3. The summed E-state index contributed by atoms with van der Waals surface area (Å²) >= 11 is 1.70. The summed E-state index contributed by atoms with van der Waals surface area (Å²) in [6.07, 6.45) is 0. The maximum absolute atomic E-state index is 10.3. The lowest BCUT2D eigenvalue weighted by atomic mass is 10.1. The molecule has 0 radical (unpaired) electrons. The van der Waals surface area contributed by atoms with Gasteiger partial charge in [0.1, 0.15) is 11.3 Å². The molecule has 0 saturated heterocycles. The molecule has 5 heteroatoms. The summed E-state index contributed by atoms with van der Waals surface area (Å²) in [5.74, 6) is 0.576. The van der Waals surface area contributed by atoms with Gasteiger partial charge in [0.15, 0.2) is 5.58 Å². The maximum Gasteiger partial charge on any atom is 0.231 e. The number of aromatic hydroxyl groups is 1. The number of thiophene rings is 1. The van der Waals surface area contributed by atoms with Gasteiger partial charge in [-0.25, -0.2) is 4.98 Å². The summed E-state index contributed by atoms with van der Waals surface area (Å²) in [7, 11) is 0. The lowest BCUT2D eigenvalue weighted by molar-refractivity contribution is 0.474. The highest BCUT2D eigenvalue weighted by Gasteiger charge is 2.13. The molecule has 2 heterocycles. The fourth-order valence-corrected chi connectivity index (χ4v) is 3.22. The molecule has 0 unspecified atom stereocenters. The number of phenolic OH excluding ortho intramolecular Hbond substituents is 1. The Morgan fingerprint density at radius 2 is 2.08 bits per heavy atom. The van der Waals surface area contributed by atoms with Crippen molar-refractivity contribution in [3.8, 4) is 17.2 Å². The van der Waals surface area contributed by atoms with Crippen LogP contribution in [0.3, 0.4) is 0 Å². The SMILES string of the molecule is Cc1ccc2oc(-c3ccc(NCc4cccs4)cc3O)nc2c1. The maximum atomic E-state index is 10.3. The summed E-state index contributed by atoms with van der Waals surface area (Å²) in [6, 6.07) is 15.4. The molecular formula is C19H16N2O2S. The molecular weight excluding hydrogens is 320 g/mol. The number of rotatable bonds is 4. The third-order valence-corrected chi connectivity index (χ3v) is 4.69. The first-order valence-electron chi connectivity index (χ1n) is 7.66. The number of aromatic nitrogens is 1. The van der Waals surface area contributed by atoms with Crippen molar-refractivity contribution < 1.29 is 9.52 Å². The molecule has 0 amide bonds. The van der Waals surface area contributed by atoms with E-state index in [1.807, 2.05) is 48.7 Å². The second kappa shape index (κ2) is 6.02. The minimum atomic E-state index is 0.148. The number of anilines is 1. The Kier molecular flexibility index (Phi) is 3.70. The summed E-state index contributed by atoms with van der Waals surface area (Å²) in [4.78, 5) is 5.72. The Morgan fingerprint density at radius 1 is 1.17 bits per heavy atom. The Labute approximate surface area is 143 Å². The molecule has 2 aromatic heterocycles. The number of fused-ring (bicyclic) bond motifs is 1. The van der Waals surface area contributed by atoms with Crippen LogP contribution in [0.4, 0.5) is 5.69 Å². The largest absolute Gasteiger partial charge is 0.507 e. The van der Waals surface area contributed by atoms with E-state index in [4.69, 9.17) is 4.42 Å². The molecule has 0 spiro atoms. The minimum Gasteiger partial charge on any atom is -0.507 e. The van der Waals surface area contributed by atoms with Crippen LogP contribution in [0.25, 0.3) is 22.6 Å². The summed E-state index contributed by atoms with van der Waals surface area (Å²) in [6.45, 7) is 2.75. The first-order chi connectivity index (χ1) is 11.7. The van der Waals surface area contributed by atoms with Gasteiger partial charge in [-0.2, -0.15) is 0 Å². The van der Waals surface area contributed by atoms with Crippen molar-refractivity contribution in [2.24, 2.45) is 0 Å². The number of nitrogens with one attached hydrogen (secondary N) is 1. The highest BCUT2D eigenvalue weighted by molar-refractivity contribution is 7.09. The van der Waals surface area contributed by atoms with Crippen LogP contribution >= 0.6 is 11.3 Å². The Hall–Kier alpha value is -2.79. The predicted molar refractivity (Wildman–Crippen MR) is 97.5 cm³/mol. The average Bonchev–Trinajstić information content (AvgIpc) is 3.21. The lowest BCUT2D eigenvalue weighted by Crippen LogP contribution is -1.97. The normalized spacial score (nSPS) is 11.0. The van der Waals surface area contributed by atoms with Gasteiger partial charge in [-0.1, -0.05) is 12.1 Å². The van der Waals surface area contributed by atoms with E-state index in [9.17, 15) is 5.11 Å². The number of aryl methyl sites for hydroxylation is 1. The lowest BCUT2D eigenvalue weighted by Gasteiger charge is -2.07. The highest BCUT2D eigenvalue weighted by atomic mass is 32.1. The molecule has 0 aliphatic heterocycles. The number of hydrogen-bond donors (Lipinski definition) is 2. The molecule has 120 valence electrons. The molecule has 0 fully saturated rings. The van der Waals surface area contributed by atoms with E-state index in [2.05, 4.69) is 16.4 Å². The minimum absolute atomic E-state index is 0.148. The van der Waals surface area contributed by atoms with Gasteiger partial charge in [0, 0.05) is 23.2 Å². The van der Waals surface area contributed by atoms with Gasteiger partial charge in [0.05, 0.1) is 5.56 Å².